The predicted molar refractivity (Wildman–Crippen MR) is 109 cm³/mol. The Morgan fingerprint density at radius 1 is 0.704 bits per heavy atom. The molecule has 0 N–H and O–H groups in total. The minimum absolute atomic E-state index is 0.211. The van der Waals surface area contributed by atoms with Gasteiger partial charge in [0.2, 0.25) is 0 Å². The fourth-order valence-corrected chi connectivity index (χ4v) is 2.89. The molecule has 0 aliphatic rings. The van der Waals surface area contributed by atoms with E-state index in [0.717, 1.165) is 38.5 Å². The van der Waals surface area contributed by atoms with Gasteiger partial charge in [0.05, 0.1) is 13.2 Å². The predicted octanol–water partition coefficient (Wildman–Crippen LogP) is 5.45. The van der Waals surface area contributed by atoms with Crippen molar-refractivity contribution >= 4 is 11.9 Å². The summed E-state index contributed by atoms with van der Waals surface area (Å²) in [6.07, 6.45) is 12.3. The first-order valence-corrected chi connectivity index (χ1v) is 10.9. The number of methoxy groups -OCH3 is 1. The van der Waals surface area contributed by atoms with Crippen molar-refractivity contribution in [1.82, 2.24) is 0 Å². The van der Waals surface area contributed by atoms with Gasteiger partial charge in [-0.05, 0) is 31.6 Å². The molecule has 0 aromatic carbocycles. The molecule has 1 unspecified atom stereocenters. The molecule has 0 amide bonds. The fraction of sp³-hybridized carbons (Fsp3) is 0.909. The second kappa shape index (κ2) is 19.7. The van der Waals surface area contributed by atoms with Crippen LogP contribution < -0.4 is 0 Å². The summed E-state index contributed by atoms with van der Waals surface area (Å²) in [5.74, 6) is -0.0777. The molecule has 0 rings (SSSR count). The largest absolute Gasteiger partial charge is 0.466 e. The summed E-state index contributed by atoms with van der Waals surface area (Å²) in [6.45, 7) is 5.99. The van der Waals surface area contributed by atoms with Gasteiger partial charge < -0.3 is 14.2 Å². The van der Waals surface area contributed by atoms with E-state index in [1.165, 1.54) is 25.7 Å². The topological polar surface area (TPSA) is 61.8 Å². The van der Waals surface area contributed by atoms with Gasteiger partial charge in [0.25, 0.3) is 0 Å². The Balaban J connectivity index is 3.68. The van der Waals surface area contributed by atoms with Crippen molar-refractivity contribution < 1.29 is 23.8 Å². The summed E-state index contributed by atoms with van der Waals surface area (Å²) in [6, 6.07) is 0. The normalized spacial score (nSPS) is 12.0. The highest BCUT2D eigenvalue weighted by Gasteiger charge is 2.12. The maximum absolute atomic E-state index is 11.9. The maximum atomic E-state index is 11.9. The van der Waals surface area contributed by atoms with Crippen LogP contribution in [-0.2, 0) is 23.8 Å². The number of rotatable bonds is 19. The third-order valence-corrected chi connectivity index (χ3v) is 4.70. The Labute approximate surface area is 166 Å². The van der Waals surface area contributed by atoms with Crippen LogP contribution in [0.1, 0.15) is 97.3 Å². The van der Waals surface area contributed by atoms with Crippen molar-refractivity contribution in [3.63, 3.8) is 0 Å². The van der Waals surface area contributed by atoms with E-state index in [4.69, 9.17) is 14.2 Å². The van der Waals surface area contributed by atoms with Crippen LogP contribution in [0.15, 0.2) is 0 Å². The van der Waals surface area contributed by atoms with Crippen LogP contribution in [0.5, 0.6) is 0 Å². The molecular weight excluding hydrogens is 344 g/mol. The molecule has 0 fully saturated rings. The van der Waals surface area contributed by atoms with E-state index >= 15 is 0 Å². The lowest BCUT2D eigenvalue weighted by Crippen LogP contribution is -2.16. The average Bonchev–Trinajstić information content (AvgIpc) is 2.66. The zero-order chi connectivity index (χ0) is 20.2. The molecule has 0 aromatic heterocycles. The van der Waals surface area contributed by atoms with Crippen LogP contribution >= 0.6 is 0 Å². The highest BCUT2D eigenvalue weighted by molar-refractivity contribution is 5.72. The van der Waals surface area contributed by atoms with E-state index in [1.54, 1.807) is 7.11 Å². The number of ether oxygens (including phenoxy) is 3. The lowest BCUT2D eigenvalue weighted by molar-refractivity contribution is -0.146. The fourth-order valence-electron chi connectivity index (χ4n) is 2.89. The van der Waals surface area contributed by atoms with Gasteiger partial charge >= 0.3 is 11.9 Å². The number of carbonyl (C=O) groups is 2. The molecule has 1 atom stereocenters. The van der Waals surface area contributed by atoms with Crippen molar-refractivity contribution in [2.45, 2.75) is 97.3 Å². The lowest BCUT2D eigenvalue weighted by Gasteiger charge is -2.16. The van der Waals surface area contributed by atoms with Crippen LogP contribution in [0.25, 0.3) is 0 Å². The van der Waals surface area contributed by atoms with Crippen molar-refractivity contribution in [3.05, 3.63) is 0 Å². The molecule has 0 radical (unpaired) electrons. The summed E-state index contributed by atoms with van der Waals surface area (Å²) in [7, 11) is 1.69. The van der Waals surface area contributed by atoms with Crippen LogP contribution in [-0.4, -0.2) is 38.9 Å². The zero-order valence-electron chi connectivity index (χ0n) is 17.9. The third kappa shape index (κ3) is 18.0. The molecule has 0 bridgehead atoms. The Kier molecular flexibility index (Phi) is 18.9. The van der Waals surface area contributed by atoms with Crippen molar-refractivity contribution in [2.24, 2.45) is 5.92 Å². The molecular formula is C22H42O5. The first kappa shape index (κ1) is 25.9. The van der Waals surface area contributed by atoms with Crippen LogP contribution in [0.4, 0.5) is 0 Å². The molecule has 0 aliphatic carbocycles. The second-order valence-electron chi connectivity index (χ2n) is 7.31. The standard InChI is InChI=1S/C22H42O5/c1-4-6-8-9-10-11-17-26-21(23)14-12-15-22(24)27-19-20(13-7-5-2)16-18-25-3/h20H,4-19H2,1-3H3. The van der Waals surface area contributed by atoms with Gasteiger partial charge in [-0.15, -0.1) is 0 Å². The van der Waals surface area contributed by atoms with Gasteiger partial charge in [0.1, 0.15) is 0 Å². The monoisotopic (exact) mass is 386 g/mol. The van der Waals surface area contributed by atoms with Crippen LogP contribution in [0, 0.1) is 5.92 Å². The van der Waals surface area contributed by atoms with E-state index in [1.807, 2.05) is 0 Å². The van der Waals surface area contributed by atoms with E-state index in [0.29, 0.717) is 32.2 Å². The molecule has 0 saturated carbocycles. The van der Waals surface area contributed by atoms with Gasteiger partial charge in [0.15, 0.2) is 0 Å². The molecule has 0 aliphatic heterocycles. The summed E-state index contributed by atoms with van der Waals surface area (Å²) in [5.41, 5.74) is 0. The number of hydrogen-bond acceptors (Lipinski definition) is 5. The zero-order valence-corrected chi connectivity index (χ0v) is 17.9. The number of hydrogen-bond donors (Lipinski definition) is 0. The molecule has 0 aromatic rings. The van der Waals surface area contributed by atoms with Crippen LogP contribution in [0.2, 0.25) is 0 Å². The van der Waals surface area contributed by atoms with Gasteiger partial charge in [-0.2, -0.15) is 0 Å². The third-order valence-electron chi connectivity index (χ3n) is 4.70. The summed E-state index contributed by atoms with van der Waals surface area (Å²) >= 11 is 0. The molecule has 160 valence electrons. The minimum atomic E-state index is -0.224. The first-order chi connectivity index (χ1) is 13.1. The highest BCUT2D eigenvalue weighted by Crippen LogP contribution is 2.14. The number of carbonyl (C=O) groups excluding carboxylic acids is 2. The Bertz CT molecular complexity index is 349. The van der Waals surface area contributed by atoms with E-state index in [9.17, 15) is 9.59 Å². The Hall–Kier alpha value is -1.10. The summed E-state index contributed by atoms with van der Waals surface area (Å²) in [5, 5.41) is 0. The molecule has 5 heteroatoms. The number of esters is 2. The molecule has 0 spiro atoms. The van der Waals surface area contributed by atoms with Gasteiger partial charge in [-0.1, -0.05) is 58.8 Å². The molecule has 0 heterocycles. The van der Waals surface area contributed by atoms with Crippen molar-refractivity contribution in [1.29, 1.82) is 0 Å². The average molecular weight is 387 g/mol. The lowest BCUT2D eigenvalue weighted by atomic mass is 10.00. The van der Waals surface area contributed by atoms with E-state index < -0.39 is 0 Å². The van der Waals surface area contributed by atoms with Crippen LogP contribution in [0.3, 0.4) is 0 Å². The van der Waals surface area contributed by atoms with Crippen molar-refractivity contribution in [3.8, 4) is 0 Å². The van der Waals surface area contributed by atoms with Gasteiger partial charge in [-0.3, -0.25) is 9.59 Å². The van der Waals surface area contributed by atoms with Gasteiger partial charge in [0, 0.05) is 26.6 Å². The van der Waals surface area contributed by atoms with Crippen molar-refractivity contribution in [2.75, 3.05) is 26.9 Å². The highest BCUT2D eigenvalue weighted by atomic mass is 16.5. The quantitative estimate of drug-likeness (QED) is 0.218. The Morgan fingerprint density at radius 3 is 2.00 bits per heavy atom. The minimum Gasteiger partial charge on any atom is -0.466 e. The van der Waals surface area contributed by atoms with Gasteiger partial charge in [-0.25, -0.2) is 0 Å². The smallest absolute Gasteiger partial charge is 0.305 e. The second-order valence-corrected chi connectivity index (χ2v) is 7.31. The SMILES string of the molecule is CCCCCCCCOC(=O)CCCC(=O)OCC(CCCC)CCOC. The summed E-state index contributed by atoms with van der Waals surface area (Å²) in [4.78, 5) is 23.5. The summed E-state index contributed by atoms with van der Waals surface area (Å²) < 4.78 is 15.7. The number of unbranched alkanes of at least 4 members (excludes halogenated alkanes) is 6. The molecule has 5 nitrogen and oxygen atoms in total. The first-order valence-electron chi connectivity index (χ1n) is 10.9. The van der Waals surface area contributed by atoms with E-state index in [2.05, 4.69) is 13.8 Å². The molecule has 27 heavy (non-hydrogen) atoms. The molecule has 0 saturated heterocycles. The maximum Gasteiger partial charge on any atom is 0.305 e. The van der Waals surface area contributed by atoms with E-state index in [-0.39, 0.29) is 24.8 Å². The Morgan fingerprint density at radius 2 is 1.33 bits per heavy atom.